The van der Waals surface area contributed by atoms with E-state index in [2.05, 4.69) is 22.0 Å². The molecule has 0 aromatic heterocycles. The van der Waals surface area contributed by atoms with Crippen LogP contribution in [0, 0.1) is 0 Å². The number of hydrogen-bond donors (Lipinski definition) is 1. The summed E-state index contributed by atoms with van der Waals surface area (Å²) in [5.41, 5.74) is 0.543. The first-order valence-corrected chi connectivity index (χ1v) is 7.47. The Morgan fingerprint density at radius 2 is 1.89 bits per heavy atom. The number of methoxy groups -OCH3 is 1. The lowest BCUT2D eigenvalue weighted by Gasteiger charge is -2.27. The van der Waals surface area contributed by atoms with Gasteiger partial charge >= 0.3 is 0 Å². The second kappa shape index (κ2) is 6.07. The molecule has 1 aliphatic rings. The van der Waals surface area contributed by atoms with E-state index in [1.54, 1.807) is 7.11 Å². The fraction of sp³-hybridized carbons (Fsp3) is 0.600. The summed E-state index contributed by atoms with van der Waals surface area (Å²) in [6.45, 7) is 0. The summed E-state index contributed by atoms with van der Waals surface area (Å²) in [6.07, 6.45) is 7.26. The van der Waals surface area contributed by atoms with Gasteiger partial charge in [-0.15, -0.1) is 0 Å². The number of rotatable bonds is 3. The van der Waals surface area contributed by atoms with E-state index in [1.807, 2.05) is 12.1 Å². The van der Waals surface area contributed by atoms with Gasteiger partial charge in [0.15, 0.2) is 0 Å². The number of halogens is 1. The number of ether oxygens (including phenoxy) is 1. The van der Waals surface area contributed by atoms with E-state index < -0.39 is 5.60 Å². The van der Waals surface area contributed by atoms with Crippen molar-refractivity contribution in [2.75, 3.05) is 7.11 Å². The van der Waals surface area contributed by atoms with Gasteiger partial charge in [0.2, 0.25) is 0 Å². The minimum absolute atomic E-state index is 0.551. The van der Waals surface area contributed by atoms with Crippen LogP contribution in [0.3, 0.4) is 0 Å². The SMILES string of the molecule is COc1ccc(Br)cc1CC1(O)CCCCCC1. The van der Waals surface area contributed by atoms with Gasteiger partial charge in [0.1, 0.15) is 5.75 Å². The molecule has 0 radical (unpaired) electrons. The zero-order valence-electron chi connectivity index (χ0n) is 10.9. The molecule has 1 fully saturated rings. The third-order valence-corrected chi connectivity index (χ3v) is 4.29. The largest absolute Gasteiger partial charge is 0.496 e. The lowest BCUT2D eigenvalue weighted by atomic mass is 9.87. The molecule has 0 atom stereocenters. The molecule has 0 amide bonds. The van der Waals surface area contributed by atoms with E-state index in [0.29, 0.717) is 6.42 Å². The van der Waals surface area contributed by atoms with Crippen LogP contribution in [-0.4, -0.2) is 17.8 Å². The van der Waals surface area contributed by atoms with Crippen LogP contribution >= 0.6 is 15.9 Å². The van der Waals surface area contributed by atoms with Crippen LogP contribution in [0.5, 0.6) is 5.75 Å². The second-order valence-electron chi connectivity index (χ2n) is 5.27. The van der Waals surface area contributed by atoms with Gasteiger partial charge in [0, 0.05) is 10.9 Å². The van der Waals surface area contributed by atoms with E-state index in [1.165, 1.54) is 12.8 Å². The molecular weight excluding hydrogens is 292 g/mol. The molecule has 3 heteroatoms. The normalized spacial score (nSPS) is 19.3. The maximum atomic E-state index is 10.7. The zero-order chi connectivity index (χ0) is 13.0. The molecule has 0 spiro atoms. The molecule has 0 heterocycles. The Kier molecular flexibility index (Phi) is 4.68. The summed E-state index contributed by atoms with van der Waals surface area (Å²) in [7, 11) is 1.68. The van der Waals surface area contributed by atoms with Crippen molar-refractivity contribution in [1.29, 1.82) is 0 Å². The molecule has 18 heavy (non-hydrogen) atoms. The Hall–Kier alpha value is -0.540. The fourth-order valence-corrected chi connectivity index (χ4v) is 3.21. The first kappa shape index (κ1) is 13.9. The molecule has 2 rings (SSSR count). The smallest absolute Gasteiger partial charge is 0.122 e. The highest BCUT2D eigenvalue weighted by Crippen LogP contribution is 2.33. The van der Waals surface area contributed by atoms with Crippen LogP contribution < -0.4 is 4.74 Å². The van der Waals surface area contributed by atoms with Gasteiger partial charge in [0.25, 0.3) is 0 Å². The Labute approximate surface area is 117 Å². The van der Waals surface area contributed by atoms with Crippen molar-refractivity contribution in [1.82, 2.24) is 0 Å². The predicted octanol–water partition coefficient (Wildman–Crippen LogP) is 4.09. The first-order valence-electron chi connectivity index (χ1n) is 6.68. The third-order valence-electron chi connectivity index (χ3n) is 3.80. The van der Waals surface area contributed by atoms with Crippen LogP contribution in [0.25, 0.3) is 0 Å². The van der Waals surface area contributed by atoms with Gasteiger partial charge < -0.3 is 9.84 Å². The average Bonchev–Trinajstić information content (AvgIpc) is 2.54. The number of benzene rings is 1. The molecule has 0 aliphatic heterocycles. The first-order chi connectivity index (χ1) is 8.63. The minimum Gasteiger partial charge on any atom is -0.496 e. The molecule has 0 bridgehead atoms. The van der Waals surface area contributed by atoms with Crippen LogP contribution in [0.2, 0.25) is 0 Å². The maximum Gasteiger partial charge on any atom is 0.122 e. The Balaban J connectivity index is 2.18. The standard InChI is InChI=1S/C15H21BrO2/c1-18-14-7-6-13(16)10-12(14)11-15(17)8-4-2-3-5-9-15/h6-7,10,17H,2-5,8-9,11H2,1H3. The summed E-state index contributed by atoms with van der Waals surface area (Å²) in [6, 6.07) is 5.99. The van der Waals surface area contributed by atoms with Crippen molar-refractivity contribution < 1.29 is 9.84 Å². The highest BCUT2D eigenvalue weighted by molar-refractivity contribution is 9.10. The molecule has 0 unspecified atom stereocenters. The quantitative estimate of drug-likeness (QED) is 0.852. The molecule has 100 valence electrons. The molecule has 2 nitrogen and oxygen atoms in total. The lowest BCUT2D eigenvalue weighted by molar-refractivity contribution is 0.0247. The average molecular weight is 313 g/mol. The van der Waals surface area contributed by atoms with E-state index in [4.69, 9.17) is 4.74 Å². The highest BCUT2D eigenvalue weighted by atomic mass is 79.9. The van der Waals surface area contributed by atoms with Crippen molar-refractivity contribution >= 4 is 15.9 Å². The summed E-state index contributed by atoms with van der Waals surface area (Å²) < 4.78 is 6.42. The fourth-order valence-electron chi connectivity index (χ4n) is 2.80. The summed E-state index contributed by atoms with van der Waals surface area (Å²) in [5, 5.41) is 10.7. The van der Waals surface area contributed by atoms with Crippen LogP contribution in [-0.2, 0) is 6.42 Å². The number of hydrogen-bond acceptors (Lipinski definition) is 2. The van der Waals surface area contributed by atoms with Gasteiger partial charge in [-0.3, -0.25) is 0 Å². The summed E-state index contributed by atoms with van der Waals surface area (Å²) in [5.74, 6) is 0.871. The molecule has 1 aliphatic carbocycles. The zero-order valence-corrected chi connectivity index (χ0v) is 12.5. The predicted molar refractivity (Wildman–Crippen MR) is 77.0 cm³/mol. The van der Waals surface area contributed by atoms with Crippen molar-refractivity contribution in [2.24, 2.45) is 0 Å². The topological polar surface area (TPSA) is 29.5 Å². The van der Waals surface area contributed by atoms with Gasteiger partial charge in [-0.2, -0.15) is 0 Å². The van der Waals surface area contributed by atoms with Gasteiger partial charge in [0.05, 0.1) is 12.7 Å². The lowest BCUT2D eigenvalue weighted by Crippen LogP contribution is -2.30. The molecule has 0 saturated heterocycles. The van der Waals surface area contributed by atoms with E-state index >= 15 is 0 Å². The van der Waals surface area contributed by atoms with Gasteiger partial charge in [-0.1, -0.05) is 41.6 Å². The monoisotopic (exact) mass is 312 g/mol. The molecular formula is C15H21BrO2. The summed E-state index contributed by atoms with van der Waals surface area (Å²) in [4.78, 5) is 0. The maximum absolute atomic E-state index is 10.7. The Morgan fingerprint density at radius 3 is 2.50 bits per heavy atom. The summed E-state index contributed by atoms with van der Waals surface area (Å²) >= 11 is 3.49. The minimum atomic E-state index is -0.551. The number of aliphatic hydroxyl groups is 1. The molecule has 1 aromatic carbocycles. The van der Waals surface area contributed by atoms with Crippen LogP contribution in [0.4, 0.5) is 0 Å². The van der Waals surface area contributed by atoms with Gasteiger partial charge in [-0.05, 0) is 36.6 Å². The van der Waals surface area contributed by atoms with E-state index in [9.17, 15) is 5.11 Å². The molecule has 1 N–H and O–H groups in total. The third kappa shape index (κ3) is 3.48. The van der Waals surface area contributed by atoms with Crippen molar-refractivity contribution in [2.45, 2.75) is 50.5 Å². The van der Waals surface area contributed by atoms with Crippen LogP contribution in [0.15, 0.2) is 22.7 Å². The molecule has 1 saturated carbocycles. The van der Waals surface area contributed by atoms with Crippen molar-refractivity contribution in [3.8, 4) is 5.75 Å². The van der Waals surface area contributed by atoms with Crippen molar-refractivity contribution in [3.63, 3.8) is 0 Å². The highest BCUT2D eigenvalue weighted by Gasteiger charge is 2.29. The van der Waals surface area contributed by atoms with Crippen LogP contribution in [0.1, 0.15) is 44.1 Å². The van der Waals surface area contributed by atoms with E-state index in [0.717, 1.165) is 41.5 Å². The second-order valence-corrected chi connectivity index (χ2v) is 6.19. The Bertz CT molecular complexity index is 395. The van der Waals surface area contributed by atoms with Crippen molar-refractivity contribution in [3.05, 3.63) is 28.2 Å². The van der Waals surface area contributed by atoms with E-state index in [-0.39, 0.29) is 0 Å². The van der Waals surface area contributed by atoms with Gasteiger partial charge in [-0.25, -0.2) is 0 Å². The molecule has 1 aromatic rings. The Morgan fingerprint density at radius 1 is 1.22 bits per heavy atom.